The fraction of sp³-hybridized carbons (Fsp3) is 0.133. The lowest BCUT2D eigenvalue weighted by Crippen LogP contribution is -2.23. The third kappa shape index (κ3) is 3.73. The van der Waals surface area contributed by atoms with Gasteiger partial charge < -0.3 is 10.1 Å². The number of benzene rings is 2. The molecule has 0 bridgehead atoms. The third-order valence-electron chi connectivity index (χ3n) is 3.01. The van der Waals surface area contributed by atoms with Gasteiger partial charge in [0, 0.05) is 17.6 Å². The number of carbonyl (C=O) groups excluding carboxylic acids is 1. The number of nitrogens with one attached hydrogen (secondary N) is 1. The fourth-order valence-corrected chi connectivity index (χ4v) is 2.04. The minimum absolute atomic E-state index is 0.0639. The molecule has 0 fully saturated rings. The highest BCUT2D eigenvalue weighted by Gasteiger charge is 2.20. The minimum Gasteiger partial charge on any atom is -0.497 e. The molecule has 6 nitrogen and oxygen atoms in total. The second kappa shape index (κ2) is 6.91. The second-order valence-corrected chi connectivity index (χ2v) is 4.89. The molecule has 0 radical (unpaired) electrons. The Labute approximate surface area is 131 Å². The number of hydrogen-bond donors (Lipinski definition) is 1. The van der Waals surface area contributed by atoms with Gasteiger partial charge in [0.05, 0.1) is 12.0 Å². The molecule has 0 heterocycles. The van der Waals surface area contributed by atoms with Crippen molar-refractivity contribution in [2.75, 3.05) is 7.11 Å². The van der Waals surface area contributed by atoms with E-state index in [2.05, 4.69) is 5.32 Å². The first-order valence-electron chi connectivity index (χ1n) is 6.36. The van der Waals surface area contributed by atoms with Crippen LogP contribution in [0.15, 0.2) is 42.5 Å². The molecule has 0 unspecified atom stereocenters. The molecule has 1 amide bonds. The van der Waals surface area contributed by atoms with Gasteiger partial charge in [0.1, 0.15) is 11.3 Å². The normalized spacial score (nSPS) is 10.1. The molecule has 1 N–H and O–H groups in total. The van der Waals surface area contributed by atoms with E-state index in [1.54, 1.807) is 31.4 Å². The summed E-state index contributed by atoms with van der Waals surface area (Å²) in [6, 6.07) is 11.0. The van der Waals surface area contributed by atoms with Crippen molar-refractivity contribution < 1.29 is 14.5 Å². The van der Waals surface area contributed by atoms with Gasteiger partial charge in [-0.2, -0.15) is 0 Å². The Morgan fingerprint density at radius 2 is 1.95 bits per heavy atom. The van der Waals surface area contributed by atoms with Crippen LogP contribution < -0.4 is 10.1 Å². The number of nitro benzene ring substituents is 1. The lowest BCUT2D eigenvalue weighted by atomic mass is 10.1. The van der Waals surface area contributed by atoms with Crippen LogP contribution in [0.1, 0.15) is 15.9 Å². The number of halogens is 1. The number of carbonyl (C=O) groups is 1. The van der Waals surface area contributed by atoms with Gasteiger partial charge in [-0.3, -0.25) is 14.9 Å². The zero-order valence-electron chi connectivity index (χ0n) is 11.7. The number of methoxy groups -OCH3 is 1. The van der Waals surface area contributed by atoms with Crippen LogP contribution in [0.5, 0.6) is 5.75 Å². The van der Waals surface area contributed by atoms with E-state index in [4.69, 9.17) is 16.3 Å². The maximum Gasteiger partial charge on any atom is 0.282 e. The van der Waals surface area contributed by atoms with E-state index in [0.717, 1.165) is 5.56 Å². The van der Waals surface area contributed by atoms with Crippen molar-refractivity contribution in [2.45, 2.75) is 6.54 Å². The Kier molecular flexibility index (Phi) is 4.95. The Hall–Kier alpha value is -2.60. The summed E-state index contributed by atoms with van der Waals surface area (Å²) in [5.41, 5.74) is 0.501. The molecule has 22 heavy (non-hydrogen) atoms. The van der Waals surface area contributed by atoms with Gasteiger partial charge in [0.2, 0.25) is 0 Å². The van der Waals surface area contributed by atoms with Gasteiger partial charge in [-0.05, 0) is 29.8 Å². The minimum atomic E-state index is -0.612. The molecule has 0 saturated carbocycles. The third-order valence-corrected chi connectivity index (χ3v) is 3.25. The lowest BCUT2D eigenvalue weighted by Gasteiger charge is -2.07. The maximum atomic E-state index is 12.1. The smallest absolute Gasteiger partial charge is 0.282 e. The molecule has 7 heteroatoms. The number of nitrogens with zero attached hydrogens (tertiary/aromatic N) is 1. The molecule has 0 aliphatic heterocycles. The quantitative estimate of drug-likeness (QED) is 0.677. The van der Waals surface area contributed by atoms with Crippen molar-refractivity contribution in [1.29, 1.82) is 0 Å². The highest BCUT2D eigenvalue weighted by Crippen LogP contribution is 2.22. The summed E-state index contributed by atoms with van der Waals surface area (Å²) in [7, 11) is 1.56. The largest absolute Gasteiger partial charge is 0.497 e. The van der Waals surface area contributed by atoms with Gasteiger partial charge in [-0.1, -0.05) is 23.7 Å². The summed E-state index contributed by atoms with van der Waals surface area (Å²) in [6.45, 7) is 0.243. The number of amides is 1. The fourth-order valence-electron chi connectivity index (χ4n) is 1.87. The Morgan fingerprint density at radius 1 is 1.27 bits per heavy atom. The van der Waals surface area contributed by atoms with E-state index in [1.165, 1.54) is 18.2 Å². The Morgan fingerprint density at radius 3 is 2.55 bits per heavy atom. The summed E-state index contributed by atoms with van der Waals surface area (Å²) in [5, 5.41) is 13.8. The predicted octanol–water partition coefficient (Wildman–Crippen LogP) is 3.19. The zero-order chi connectivity index (χ0) is 16.1. The Bertz CT molecular complexity index is 701. The van der Waals surface area contributed by atoms with E-state index >= 15 is 0 Å². The second-order valence-electron chi connectivity index (χ2n) is 4.45. The highest BCUT2D eigenvalue weighted by atomic mass is 35.5. The van der Waals surface area contributed by atoms with Crippen molar-refractivity contribution in [3.05, 3.63) is 68.7 Å². The van der Waals surface area contributed by atoms with Crippen molar-refractivity contribution >= 4 is 23.2 Å². The standard InChI is InChI=1S/C15H13ClN2O4/c1-22-12-5-2-10(3-6-12)9-17-15(19)13-8-11(16)4-7-14(13)18(20)21/h2-8H,9H2,1H3,(H,17,19). The molecule has 0 aromatic heterocycles. The van der Waals surface area contributed by atoms with Crippen LogP contribution in [0.4, 0.5) is 5.69 Å². The SMILES string of the molecule is COc1ccc(CNC(=O)c2cc(Cl)ccc2[N+](=O)[O-])cc1. The van der Waals surface area contributed by atoms with Crippen LogP contribution in [0.2, 0.25) is 5.02 Å². The first kappa shape index (κ1) is 15.8. The van der Waals surface area contributed by atoms with Crippen LogP contribution in [-0.4, -0.2) is 17.9 Å². The monoisotopic (exact) mass is 320 g/mol. The highest BCUT2D eigenvalue weighted by molar-refractivity contribution is 6.31. The molecule has 0 aliphatic carbocycles. The molecule has 0 atom stereocenters. The van der Waals surface area contributed by atoms with Crippen LogP contribution in [0.3, 0.4) is 0 Å². The summed E-state index contributed by atoms with van der Waals surface area (Å²) in [4.78, 5) is 22.5. The van der Waals surface area contributed by atoms with Gasteiger partial charge in [-0.25, -0.2) is 0 Å². The molecular formula is C15H13ClN2O4. The number of hydrogen-bond acceptors (Lipinski definition) is 4. The molecule has 2 aromatic rings. The first-order chi connectivity index (χ1) is 10.5. The first-order valence-corrected chi connectivity index (χ1v) is 6.74. The zero-order valence-corrected chi connectivity index (χ0v) is 12.5. The maximum absolute atomic E-state index is 12.1. The summed E-state index contributed by atoms with van der Waals surface area (Å²) in [5.74, 6) is 0.158. The van der Waals surface area contributed by atoms with Gasteiger partial charge in [-0.15, -0.1) is 0 Å². The van der Waals surface area contributed by atoms with Gasteiger partial charge >= 0.3 is 0 Å². The van der Waals surface area contributed by atoms with E-state index in [1.807, 2.05) is 0 Å². The number of nitro groups is 1. The van der Waals surface area contributed by atoms with Gasteiger partial charge in [0.15, 0.2) is 0 Å². The van der Waals surface area contributed by atoms with Crippen molar-refractivity contribution in [1.82, 2.24) is 5.32 Å². The van der Waals surface area contributed by atoms with Crippen LogP contribution in [0, 0.1) is 10.1 Å². The topological polar surface area (TPSA) is 81.5 Å². The van der Waals surface area contributed by atoms with Crippen molar-refractivity contribution in [2.24, 2.45) is 0 Å². The van der Waals surface area contributed by atoms with E-state index in [0.29, 0.717) is 5.75 Å². The average Bonchev–Trinajstić information content (AvgIpc) is 2.52. The molecule has 2 rings (SSSR count). The molecule has 0 saturated heterocycles. The van der Waals surface area contributed by atoms with Crippen LogP contribution in [0.25, 0.3) is 0 Å². The Balaban J connectivity index is 2.11. The summed E-state index contributed by atoms with van der Waals surface area (Å²) in [6.07, 6.45) is 0. The van der Waals surface area contributed by atoms with Gasteiger partial charge in [0.25, 0.3) is 11.6 Å². The number of ether oxygens (including phenoxy) is 1. The average molecular weight is 321 g/mol. The molecule has 2 aromatic carbocycles. The summed E-state index contributed by atoms with van der Waals surface area (Å²) >= 11 is 5.80. The van der Waals surface area contributed by atoms with E-state index in [9.17, 15) is 14.9 Å². The predicted molar refractivity (Wildman–Crippen MR) is 82.3 cm³/mol. The van der Waals surface area contributed by atoms with E-state index < -0.39 is 10.8 Å². The molecule has 0 aliphatic rings. The van der Waals surface area contributed by atoms with Crippen molar-refractivity contribution in [3.8, 4) is 5.75 Å². The molecular weight excluding hydrogens is 308 g/mol. The number of rotatable bonds is 5. The molecule has 114 valence electrons. The van der Waals surface area contributed by atoms with Crippen molar-refractivity contribution in [3.63, 3.8) is 0 Å². The molecule has 0 spiro atoms. The van der Waals surface area contributed by atoms with Crippen LogP contribution in [-0.2, 0) is 6.54 Å². The van der Waals surface area contributed by atoms with E-state index in [-0.39, 0.29) is 22.8 Å². The summed E-state index contributed by atoms with van der Waals surface area (Å²) < 4.78 is 5.04. The lowest BCUT2D eigenvalue weighted by molar-refractivity contribution is -0.385. The van der Waals surface area contributed by atoms with Crippen LogP contribution >= 0.6 is 11.6 Å².